The van der Waals surface area contributed by atoms with Crippen molar-refractivity contribution >= 4 is 5.91 Å². The van der Waals surface area contributed by atoms with Gasteiger partial charge in [0.05, 0.1) is 31.0 Å². The number of carbonyl (C=O) groups excluding carboxylic acids is 1. The van der Waals surface area contributed by atoms with Crippen LogP contribution in [-0.4, -0.2) is 33.4 Å². The standard InChI is InChI=1S/C18H24N4O2/c23-18(9-14-1-2-14)20-11-16-10-19-17-3-5-21(6-7-22(16)17)12-15-4-8-24-13-15/h4,8,10,13-14H,1-3,5-7,9,11-12H2,(H,20,23). The minimum atomic E-state index is 0.170. The summed E-state index contributed by atoms with van der Waals surface area (Å²) in [6.45, 7) is 4.39. The molecule has 6 heteroatoms. The van der Waals surface area contributed by atoms with Crippen LogP contribution in [0.3, 0.4) is 0 Å². The van der Waals surface area contributed by atoms with Gasteiger partial charge in [-0.2, -0.15) is 0 Å². The van der Waals surface area contributed by atoms with Crippen LogP contribution in [-0.2, 0) is 30.8 Å². The van der Waals surface area contributed by atoms with Gasteiger partial charge in [0, 0.05) is 44.6 Å². The third kappa shape index (κ3) is 3.70. The number of imidazole rings is 1. The first kappa shape index (κ1) is 15.4. The van der Waals surface area contributed by atoms with E-state index >= 15 is 0 Å². The van der Waals surface area contributed by atoms with Crippen molar-refractivity contribution in [1.82, 2.24) is 19.8 Å². The van der Waals surface area contributed by atoms with Crippen LogP contribution in [0.5, 0.6) is 0 Å². The molecule has 3 heterocycles. The molecule has 0 atom stereocenters. The number of carbonyl (C=O) groups is 1. The van der Waals surface area contributed by atoms with Gasteiger partial charge >= 0.3 is 0 Å². The van der Waals surface area contributed by atoms with Crippen LogP contribution < -0.4 is 5.32 Å². The number of hydrogen-bond acceptors (Lipinski definition) is 4. The molecule has 0 unspecified atom stereocenters. The van der Waals surface area contributed by atoms with E-state index in [4.69, 9.17) is 4.42 Å². The zero-order valence-electron chi connectivity index (χ0n) is 13.9. The Bertz CT molecular complexity index is 688. The quantitative estimate of drug-likeness (QED) is 0.880. The minimum absolute atomic E-state index is 0.170. The summed E-state index contributed by atoms with van der Waals surface area (Å²) in [4.78, 5) is 18.9. The summed E-state index contributed by atoms with van der Waals surface area (Å²) < 4.78 is 7.43. The maximum absolute atomic E-state index is 11.9. The van der Waals surface area contributed by atoms with Crippen LogP contribution in [0.1, 0.15) is 36.3 Å². The van der Waals surface area contributed by atoms with E-state index in [-0.39, 0.29) is 5.91 Å². The molecule has 0 spiro atoms. The molecule has 0 radical (unpaired) electrons. The van der Waals surface area contributed by atoms with Gasteiger partial charge in [-0.25, -0.2) is 4.98 Å². The van der Waals surface area contributed by atoms with E-state index in [1.165, 1.54) is 18.4 Å². The van der Waals surface area contributed by atoms with Crippen molar-refractivity contribution in [2.45, 2.75) is 45.3 Å². The summed E-state index contributed by atoms with van der Waals surface area (Å²) in [5, 5.41) is 3.05. The second-order valence-electron chi connectivity index (χ2n) is 6.90. The third-order valence-corrected chi connectivity index (χ3v) is 4.94. The van der Waals surface area contributed by atoms with Gasteiger partial charge in [-0.3, -0.25) is 9.69 Å². The lowest BCUT2D eigenvalue weighted by atomic mass is 10.3. The second kappa shape index (κ2) is 6.81. The number of rotatable bonds is 6. The molecule has 1 amide bonds. The van der Waals surface area contributed by atoms with Gasteiger partial charge in [0.25, 0.3) is 0 Å². The van der Waals surface area contributed by atoms with E-state index in [2.05, 4.69) is 19.8 Å². The van der Waals surface area contributed by atoms with Crippen molar-refractivity contribution in [3.63, 3.8) is 0 Å². The molecule has 1 aliphatic carbocycles. The Morgan fingerprint density at radius 3 is 3.04 bits per heavy atom. The number of furan rings is 1. The lowest BCUT2D eigenvalue weighted by Crippen LogP contribution is -2.27. The molecule has 4 rings (SSSR count). The average molecular weight is 328 g/mol. The third-order valence-electron chi connectivity index (χ3n) is 4.94. The number of nitrogens with one attached hydrogen (secondary N) is 1. The molecular formula is C18H24N4O2. The molecule has 1 fully saturated rings. The molecule has 128 valence electrons. The highest BCUT2D eigenvalue weighted by Gasteiger charge is 2.24. The maximum Gasteiger partial charge on any atom is 0.220 e. The highest BCUT2D eigenvalue weighted by molar-refractivity contribution is 5.76. The first-order chi connectivity index (χ1) is 11.8. The first-order valence-corrected chi connectivity index (χ1v) is 8.81. The normalized spacial score (nSPS) is 18.2. The topological polar surface area (TPSA) is 63.3 Å². The van der Waals surface area contributed by atoms with E-state index < -0.39 is 0 Å². The van der Waals surface area contributed by atoms with Crippen LogP contribution in [0.4, 0.5) is 0 Å². The Kier molecular flexibility index (Phi) is 4.38. The molecule has 1 N–H and O–H groups in total. The van der Waals surface area contributed by atoms with Gasteiger partial charge in [0.2, 0.25) is 5.91 Å². The summed E-state index contributed by atoms with van der Waals surface area (Å²) in [7, 11) is 0. The molecule has 0 saturated heterocycles. The SMILES string of the molecule is O=C(CC1CC1)NCc1cnc2n1CCN(Cc1ccoc1)CC2. The van der Waals surface area contributed by atoms with Crippen molar-refractivity contribution in [1.29, 1.82) is 0 Å². The number of nitrogens with zero attached hydrogens (tertiary/aromatic N) is 3. The van der Waals surface area contributed by atoms with Crippen LogP contribution in [0, 0.1) is 5.92 Å². The van der Waals surface area contributed by atoms with Crippen LogP contribution in [0.2, 0.25) is 0 Å². The molecule has 1 saturated carbocycles. The Morgan fingerprint density at radius 2 is 2.25 bits per heavy atom. The van der Waals surface area contributed by atoms with Crippen LogP contribution >= 0.6 is 0 Å². The summed E-state index contributed by atoms with van der Waals surface area (Å²) in [6.07, 6.45) is 9.49. The fourth-order valence-corrected chi connectivity index (χ4v) is 3.32. The number of hydrogen-bond donors (Lipinski definition) is 1. The Balaban J connectivity index is 1.33. The van der Waals surface area contributed by atoms with Crippen molar-refractivity contribution < 1.29 is 9.21 Å². The van der Waals surface area contributed by atoms with Crippen molar-refractivity contribution in [3.05, 3.63) is 41.9 Å². The van der Waals surface area contributed by atoms with E-state index in [0.717, 1.165) is 44.1 Å². The van der Waals surface area contributed by atoms with Gasteiger partial charge in [0.1, 0.15) is 5.82 Å². The lowest BCUT2D eigenvalue weighted by Gasteiger charge is -2.18. The highest BCUT2D eigenvalue weighted by atomic mass is 16.3. The van der Waals surface area contributed by atoms with Gasteiger partial charge in [-0.1, -0.05) is 0 Å². The number of fused-ring (bicyclic) bond motifs is 1. The van der Waals surface area contributed by atoms with Crippen molar-refractivity contribution in [3.8, 4) is 0 Å². The monoisotopic (exact) mass is 328 g/mol. The van der Waals surface area contributed by atoms with Crippen LogP contribution in [0.25, 0.3) is 0 Å². The summed E-state index contributed by atoms with van der Waals surface area (Å²) in [5.41, 5.74) is 2.32. The number of amides is 1. The van der Waals surface area contributed by atoms with Gasteiger partial charge in [-0.05, 0) is 24.8 Å². The predicted octanol–water partition coefficient (Wildman–Crippen LogP) is 1.95. The summed E-state index contributed by atoms with van der Waals surface area (Å²) >= 11 is 0. The lowest BCUT2D eigenvalue weighted by molar-refractivity contribution is -0.121. The van der Waals surface area contributed by atoms with E-state index in [1.54, 1.807) is 6.26 Å². The zero-order valence-corrected chi connectivity index (χ0v) is 13.9. The summed E-state index contributed by atoms with van der Waals surface area (Å²) in [5.74, 6) is 1.92. The summed E-state index contributed by atoms with van der Waals surface area (Å²) in [6, 6.07) is 2.02. The average Bonchev–Trinajstić information content (AvgIpc) is 3.15. The van der Waals surface area contributed by atoms with Gasteiger partial charge in [-0.15, -0.1) is 0 Å². The molecule has 0 aromatic carbocycles. The fourth-order valence-electron chi connectivity index (χ4n) is 3.32. The molecule has 2 aromatic rings. The fraction of sp³-hybridized carbons (Fsp3) is 0.556. The molecular weight excluding hydrogens is 304 g/mol. The van der Waals surface area contributed by atoms with Crippen molar-refractivity contribution in [2.24, 2.45) is 5.92 Å². The highest BCUT2D eigenvalue weighted by Crippen LogP contribution is 2.32. The molecule has 2 aromatic heterocycles. The minimum Gasteiger partial charge on any atom is -0.472 e. The molecule has 6 nitrogen and oxygen atoms in total. The predicted molar refractivity (Wildman–Crippen MR) is 89.1 cm³/mol. The zero-order chi connectivity index (χ0) is 16.4. The Morgan fingerprint density at radius 1 is 1.33 bits per heavy atom. The Labute approximate surface area is 141 Å². The van der Waals surface area contributed by atoms with Gasteiger partial charge < -0.3 is 14.3 Å². The van der Waals surface area contributed by atoms with Crippen molar-refractivity contribution in [2.75, 3.05) is 13.1 Å². The maximum atomic E-state index is 11.9. The van der Waals surface area contributed by atoms with Gasteiger partial charge in [0.15, 0.2) is 0 Å². The largest absolute Gasteiger partial charge is 0.472 e. The smallest absolute Gasteiger partial charge is 0.220 e. The Hall–Kier alpha value is -2.08. The van der Waals surface area contributed by atoms with E-state index in [9.17, 15) is 4.79 Å². The molecule has 0 bridgehead atoms. The molecule has 1 aliphatic heterocycles. The number of aromatic nitrogens is 2. The molecule has 2 aliphatic rings. The molecule has 24 heavy (non-hydrogen) atoms. The van der Waals surface area contributed by atoms with E-state index in [1.807, 2.05) is 18.5 Å². The van der Waals surface area contributed by atoms with Crippen LogP contribution in [0.15, 0.2) is 29.2 Å². The first-order valence-electron chi connectivity index (χ1n) is 8.81. The van der Waals surface area contributed by atoms with E-state index in [0.29, 0.717) is 18.9 Å². The second-order valence-corrected chi connectivity index (χ2v) is 6.90.